The predicted molar refractivity (Wildman–Crippen MR) is 58.1 cm³/mol. The first-order valence-corrected chi connectivity index (χ1v) is 5.00. The molecule has 0 atom stereocenters. The Labute approximate surface area is 96.4 Å². The summed E-state index contributed by atoms with van der Waals surface area (Å²) in [6.07, 6.45) is -3.96. The molecule has 1 nitrogen and oxygen atoms in total. The Balaban J connectivity index is 3.06. The van der Waals surface area contributed by atoms with Crippen LogP contribution in [0.3, 0.4) is 0 Å². The number of halogens is 4. The largest absolute Gasteiger partial charge is 0.416 e. The third-order valence-electron chi connectivity index (χ3n) is 1.82. The fourth-order valence-electron chi connectivity index (χ4n) is 1.05. The van der Waals surface area contributed by atoms with Crippen molar-refractivity contribution in [3.05, 3.63) is 29.3 Å². The van der Waals surface area contributed by atoms with Crippen molar-refractivity contribution in [3.63, 3.8) is 0 Å². The molecule has 0 saturated carbocycles. The number of hydrogen-bond donors (Lipinski definition) is 1. The van der Waals surface area contributed by atoms with Crippen LogP contribution in [0.5, 0.6) is 0 Å². The zero-order valence-electron chi connectivity index (χ0n) is 8.24. The Bertz CT molecular complexity index is 429. The van der Waals surface area contributed by atoms with Crippen molar-refractivity contribution in [3.8, 4) is 11.8 Å². The third kappa shape index (κ3) is 3.35. The van der Waals surface area contributed by atoms with Crippen LogP contribution in [0.25, 0.3) is 0 Å². The van der Waals surface area contributed by atoms with Crippen molar-refractivity contribution in [2.75, 3.05) is 11.6 Å². The molecule has 0 heterocycles. The van der Waals surface area contributed by atoms with Crippen molar-refractivity contribution < 1.29 is 13.2 Å². The zero-order chi connectivity index (χ0) is 12.2. The Hall–Kier alpha value is -1.34. The first-order chi connectivity index (χ1) is 7.45. The van der Waals surface area contributed by atoms with Gasteiger partial charge in [-0.1, -0.05) is 11.8 Å². The van der Waals surface area contributed by atoms with Crippen molar-refractivity contribution in [1.29, 1.82) is 0 Å². The van der Waals surface area contributed by atoms with Crippen molar-refractivity contribution >= 4 is 17.3 Å². The summed E-state index contributed by atoms with van der Waals surface area (Å²) in [5, 5.41) is 0. The van der Waals surface area contributed by atoms with Gasteiger partial charge in [-0.05, 0) is 18.2 Å². The van der Waals surface area contributed by atoms with E-state index >= 15 is 0 Å². The van der Waals surface area contributed by atoms with E-state index in [-0.39, 0.29) is 11.3 Å². The maximum absolute atomic E-state index is 12.4. The Morgan fingerprint density at radius 2 is 2.00 bits per heavy atom. The third-order valence-corrected chi connectivity index (χ3v) is 2.01. The summed E-state index contributed by atoms with van der Waals surface area (Å²) in [4.78, 5) is 0. The van der Waals surface area contributed by atoms with Crippen LogP contribution >= 0.6 is 11.6 Å². The van der Waals surface area contributed by atoms with Gasteiger partial charge in [-0.25, -0.2) is 0 Å². The molecular formula is C11H9ClF3N. The molecule has 1 aromatic carbocycles. The van der Waals surface area contributed by atoms with Crippen LogP contribution < -0.4 is 5.73 Å². The molecule has 0 aliphatic heterocycles. The molecule has 0 radical (unpaired) electrons. The summed E-state index contributed by atoms with van der Waals surface area (Å²) in [6, 6.07) is 3.08. The van der Waals surface area contributed by atoms with Gasteiger partial charge in [-0.15, -0.1) is 11.6 Å². The molecule has 0 aliphatic carbocycles. The number of hydrogen-bond acceptors (Lipinski definition) is 1. The van der Waals surface area contributed by atoms with Gasteiger partial charge in [0.2, 0.25) is 0 Å². The molecule has 0 spiro atoms. The number of alkyl halides is 4. The molecule has 16 heavy (non-hydrogen) atoms. The van der Waals surface area contributed by atoms with Crippen molar-refractivity contribution in [2.24, 2.45) is 0 Å². The van der Waals surface area contributed by atoms with E-state index in [9.17, 15) is 13.2 Å². The normalized spacial score (nSPS) is 10.8. The summed E-state index contributed by atoms with van der Waals surface area (Å²) >= 11 is 5.40. The summed E-state index contributed by atoms with van der Waals surface area (Å²) in [5.41, 5.74) is 5.17. The van der Waals surface area contributed by atoms with E-state index < -0.39 is 11.7 Å². The van der Waals surface area contributed by atoms with Crippen LogP contribution in [-0.4, -0.2) is 5.88 Å². The van der Waals surface area contributed by atoms with Crippen LogP contribution in [0.1, 0.15) is 17.5 Å². The highest BCUT2D eigenvalue weighted by Crippen LogP contribution is 2.30. The highest BCUT2D eigenvalue weighted by molar-refractivity contribution is 6.18. The number of benzene rings is 1. The lowest BCUT2D eigenvalue weighted by molar-refractivity contribution is -0.137. The molecule has 0 fully saturated rings. The minimum Gasteiger partial charge on any atom is -0.398 e. The second-order valence-electron chi connectivity index (χ2n) is 3.04. The summed E-state index contributed by atoms with van der Waals surface area (Å²) in [7, 11) is 0. The van der Waals surface area contributed by atoms with Gasteiger partial charge < -0.3 is 5.73 Å². The van der Waals surface area contributed by atoms with Gasteiger partial charge in [0.15, 0.2) is 0 Å². The molecule has 2 N–H and O–H groups in total. The van der Waals surface area contributed by atoms with Gasteiger partial charge >= 0.3 is 6.18 Å². The number of nitrogen functional groups attached to an aromatic ring is 1. The van der Waals surface area contributed by atoms with Gasteiger partial charge in [-0.2, -0.15) is 13.2 Å². The van der Waals surface area contributed by atoms with E-state index in [1.807, 2.05) is 0 Å². The number of anilines is 1. The van der Waals surface area contributed by atoms with Gasteiger partial charge in [0, 0.05) is 23.6 Å². The van der Waals surface area contributed by atoms with E-state index in [1.54, 1.807) is 0 Å². The highest BCUT2D eigenvalue weighted by atomic mass is 35.5. The van der Waals surface area contributed by atoms with Crippen LogP contribution in [-0.2, 0) is 6.18 Å². The average molecular weight is 248 g/mol. The quantitative estimate of drug-likeness (QED) is 0.460. The second-order valence-corrected chi connectivity index (χ2v) is 3.42. The van der Waals surface area contributed by atoms with Crippen LogP contribution in [0.15, 0.2) is 18.2 Å². The predicted octanol–water partition coefficient (Wildman–Crippen LogP) is 3.27. The topological polar surface area (TPSA) is 26.0 Å². The first-order valence-electron chi connectivity index (χ1n) is 4.46. The maximum atomic E-state index is 12.4. The van der Waals surface area contributed by atoms with Gasteiger partial charge in [0.05, 0.1) is 5.56 Å². The Kier molecular flexibility index (Phi) is 4.08. The van der Waals surface area contributed by atoms with Crippen LogP contribution in [0.2, 0.25) is 0 Å². The number of rotatable bonds is 1. The van der Waals surface area contributed by atoms with E-state index in [2.05, 4.69) is 11.8 Å². The molecule has 0 saturated heterocycles. The SMILES string of the molecule is Nc1ccc(C(F)(F)F)cc1C#CCCCl. The molecule has 1 rings (SSSR count). The molecule has 86 valence electrons. The second kappa shape index (κ2) is 5.13. The Morgan fingerprint density at radius 1 is 1.31 bits per heavy atom. The van der Waals surface area contributed by atoms with Gasteiger partial charge in [-0.3, -0.25) is 0 Å². The minimum absolute atomic E-state index is 0.181. The fourth-order valence-corrected chi connectivity index (χ4v) is 1.14. The van der Waals surface area contributed by atoms with E-state index in [0.717, 1.165) is 12.1 Å². The van der Waals surface area contributed by atoms with Gasteiger partial charge in [0.25, 0.3) is 0 Å². The minimum atomic E-state index is -4.38. The van der Waals surface area contributed by atoms with E-state index in [1.165, 1.54) is 6.07 Å². The zero-order valence-corrected chi connectivity index (χ0v) is 8.99. The van der Waals surface area contributed by atoms with Crippen molar-refractivity contribution in [1.82, 2.24) is 0 Å². The molecule has 0 amide bonds. The summed E-state index contributed by atoms with van der Waals surface area (Å²) < 4.78 is 37.1. The Morgan fingerprint density at radius 3 is 2.56 bits per heavy atom. The molecule has 0 aliphatic rings. The molecule has 5 heteroatoms. The smallest absolute Gasteiger partial charge is 0.398 e. The lowest BCUT2D eigenvalue weighted by atomic mass is 10.1. The summed E-state index contributed by atoms with van der Waals surface area (Å²) in [6.45, 7) is 0. The maximum Gasteiger partial charge on any atom is 0.416 e. The first kappa shape index (κ1) is 12.7. The molecular weight excluding hydrogens is 239 g/mol. The molecule has 0 bridgehead atoms. The standard InChI is InChI=1S/C11H9ClF3N/c12-6-2-1-3-8-7-9(11(13,14)15)4-5-10(8)16/h4-5,7H,2,6,16H2. The molecule has 1 aromatic rings. The fraction of sp³-hybridized carbons (Fsp3) is 0.273. The van der Waals surface area contributed by atoms with Gasteiger partial charge in [0.1, 0.15) is 0 Å². The van der Waals surface area contributed by atoms with E-state index in [0.29, 0.717) is 12.3 Å². The average Bonchev–Trinajstić information content (AvgIpc) is 2.19. The van der Waals surface area contributed by atoms with Crippen LogP contribution in [0, 0.1) is 11.8 Å². The van der Waals surface area contributed by atoms with Crippen molar-refractivity contribution in [2.45, 2.75) is 12.6 Å². The molecule has 0 aromatic heterocycles. The number of nitrogens with two attached hydrogens (primary N) is 1. The van der Waals surface area contributed by atoms with E-state index in [4.69, 9.17) is 17.3 Å². The summed E-state index contributed by atoms with van der Waals surface area (Å²) in [5.74, 6) is 5.55. The lowest BCUT2D eigenvalue weighted by Crippen LogP contribution is -2.05. The monoisotopic (exact) mass is 247 g/mol. The lowest BCUT2D eigenvalue weighted by Gasteiger charge is -2.07. The van der Waals surface area contributed by atoms with Crippen LogP contribution in [0.4, 0.5) is 18.9 Å². The molecule has 0 unspecified atom stereocenters. The highest BCUT2D eigenvalue weighted by Gasteiger charge is 2.30.